The summed E-state index contributed by atoms with van der Waals surface area (Å²) in [5.74, 6) is 2.84. The summed E-state index contributed by atoms with van der Waals surface area (Å²) < 4.78 is 26.0. The molecule has 0 bridgehead atoms. The first-order valence-electron chi connectivity index (χ1n) is 9.83. The molecule has 0 radical (unpaired) electrons. The molecule has 0 N–H and O–H groups in total. The van der Waals surface area contributed by atoms with Crippen molar-refractivity contribution in [1.82, 2.24) is 4.98 Å². The van der Waals surface area contributed by atoms with Gasteiger partial charge < -0.3 is 9.47 Å². The van der Waals surface area contributed by atoms with E-state index in [-0.39, 0.29) is 0 Å². The monoisotopic (exact) mass is 409 g/mol. The van der Waals surface area contributed by atoms with Crippen LogP contribution in [0.25, 0.3) is 11.1 Å². The van der Waals surface area contributed by atoms with Crippen molar-refractivity contribution in [2.45, 2.75) is 13.2 Å². The van der Waals surface area contributed by atoms with Crippen molar-refractivity contribution in [3.8, 4) is 35.2 Å². The van der Waals surface area contributed by atoms with Crippen LogP contribution in [0, 0.1) is 18.2 Å². The maximum Gasteiger partial charge on any atom is 0.225 e. The van der Waals surface area contributed by atoms with Crippen LogP contribution in [0.5, 0.6) is 11.8 Å². The fourth-order valence-electron chi connectivity index (χ4n) is 3.12. The molecule has 0 saturated carbocycles. The van der Waals surface area contributed by atoms with Crippen LogP contribution in [0.4, 0.5) is 4.39 Å². The van der Waals surface area contributed by atoms with Crippen molar-refractivity contribution in [3.05, 3.63) is 114 Å². The van der Waals surface area contributed by atoms with E-state index in [0.29, 0.717) is 41.7 Å². The molecule has 31 heavy (non-hydrogen) atoms. The lowest BCUT2D eigenvalue weighted by Crippen LogP contribution is -2.02. The summed E-state index contributed by atoms with van der Waals surface area (Å²) in [7, 11) is 0. The Labute approximate surface area is 181 Å². The largest absolute Gasteiger partial charge is 0.473 e. The summed E-state index contributed by atoms with van der Waals surface area (Å²) in [5.41, 5.74) is 3.71. The predicted molar refractivity (Wildman–Crippen MR) is 119 cm³/mol. The van der Waals surface area contributed by atoms with Crippen molar-refractivity contribution < 1.29 is 13.9 Å². The Bertz CT molecular complexity index is 1200. The van der Waals surface area contributed by atoms with Crippen LogP contribution < -0.4 is 9.47 Å². The number of ether oxygens (including phenoxy) is 2. The summed E-state index contributed by atoms with van der Waals surface area (Å²) in [6.07, 6.45) is 5.47. The topological polar surface area (TPSA) is 31.4 Å². The van der Waals surface area contributed by atoms with E-state index < -0.39 is 5.82 Å². The Kier molecular flexibility index (Phi) is 6.25. The predicted octanol–water partition coefficient (Wildman–Crippen LogP) is 6.03. The fraction of sp³-hybridized carbons (Fsp3) is 0.0741. The number of halogens is 1. The molecular formula is C27H20FNO2. The average molecular weight is 409 g/mol. The van der Waals surface area contributed by atoms with Gasteiger partial charge in [0.05, 0.1) is 0 Å². The van der Waals surface area contributed by atoms with Crippen LogP contribution in [0.3, 0.4) is 0 Å². The van der Waals surface area contributed by atoms with E-state index in [1.54, 1.807) is 12.1 Å². The van der Waals surface area contributed by atoms with E-state index in [4.69, 9.17) is 15.9 Å². The molecule has 1 aromatic heterocycles. The molecule has 0 atom stereocenters. The molecule has 0 unspecified atom stereocenters. The van der Waals surface area contributed by atoms with Crippen LogP contribution in [0.2, 0.25) is 0 Å². The SMILES string of the molecule is C#Cc1cc(F)cc(-c2ccc(OCc3ccccc3)nc2OCc2ccccc2)c1. The molecule has 3 nitrogen and oxygen atoms in total. The smallest absolute Gasteiger partial charge is 0.225 e. The highest BCUT2D eigenvalue weighted by atomic mass is 19.1. The molecule has 0 aliphatic heterocycles. The molecule has 4 rings (SSSR count). The third-order valence-corrected chi connectivity index (χ3v) is 4.66. The Morgan fingerprint density at radius 3 is 2.06 bits per heavy atom. The van der Waals surface area contributed by atoms with E-state index >= 15 is 0 Å². The molecule has 4 aromatic rings. The average Bonchev–Trinajstić information content (AvgIpc) is 2.82. The molecule has 0 amide bonds. The van der Waals surface area contributed by atoms with Crippen LogP contribution in [0.1, 0.15) is 16.7 Å². The van der Waals surface area contributed by atoms with Crippen molar-refractivity contribution in [1.29, 1.82) is 0 Å². The van der Waals surface area contributed by atoms with E-state index in [9.17, 15) is 4.39 Å². The Hall–Kier alpha value is -4.10. The lowest BCUT2D eigenvalue weighted by atomic mass is 10.0. The zero-order chi connectivity index (χ0) is 21.5. The van der Waals surface area contributed by atoms with Crippen molar-refractivity contribution in [2.75, 3.05) is 0 Å². The molecule has 0 spiro atoms. The van der Waals surface area contributed by atoms with Gasteiger partial charge >= 0.3 is 0 Å². The summed E-state index contributed by atoms with van der Waals surface area (Å²) >= 11 is 0. The minimum Gasteiger partial charge on any atom is -0.473 e. The molecule has 1 heterocycles. The van der Waals surface area contributed by atoms with E-state index in [1.165, 1.54) is 12.1 Å². The molecule has 0 fully saturated rings. The maximum absolute atomic E-state index is 14.1. The van der Waals surface area contributed by atoms with Gasteiger partial charge in [0.1, 0.15) is 19.0 Å². The number of rotatable bonds is 7. The summed E-state index contributed by atoms with van der Waals surface area (Å²) in [6.45, 7) is 0.701. The van der Waals surface area contributed by atoms with Gasteiger partial charge in [0.25, 0.3) is 0 Å². The minimum absolute atomic E-state index is 0.320. The molecule has 3 aromatic carbocycles. The van der Waals surface area contributed by atoms with E-state index in [0.717, 1.165) is 11.1 Å². The summed E-state index contributed by atoms with van der Waals surface area (Å²) in [5, 5.41) is 0. The van der Waals surface area contributed by atoms with Gasteiger partial charge in [-0.1, -0.05) is 66.6 Å². The van der Waals surface area contributed by atoms with Gasteiger partial charge in [0.15, 0.2) is 0 Å². The van der Waals surface area contributed by atoms with Crippen LogP contribution in [-0.2, 0) is 13.2 Å². The zero-order valence-corrected chi connectivity index (χ0v) is 16.8. The molecule has 0 saturated heterocycles. The zero-order valence-electron chi connectivity index (χ0n) is 16.8. The van der Waals surface area contributed by atoms with Crippen LogP contribution >= 0.6 is 0 Å². The number of terminal acetylenes is 1. The quantitative estimate of drug-likeness (QED) is 0.350. The first-order valence-corrected chi connectivity index (χ1v) is 9.83. The standard InChI is InChI=1S/C27H20FNO2/c1-2-20-15-23(17-24(28)16-20)25-13-14-26(30-18-21-9-5-3-6-10-21)29-27(25)31-19-22-11-7-4-8-12-22/h1,3-17H,18-19H2. The second-order valence-electron chi connectivity index (χ2n) is 6.92. The second kappa shape index (κ2) is 9.60. The lowest BCUT2D eigenvalue weighted by molar-refractivity contribution is 0.268. The Morgan fingerprint density at radius 2 is 1.42 bits per heavy atom. The van der Waals surface area contributed by atoms with Crippen LogP contribution in [-0.4, -0.2) is 4.98 Å². The number of pyridine rings is 1. The maximum atomic E-state index is 14.1. The highest BCUT2D eigenvalue weighted by Crippen LogP contribution is 2.32. The van der Waals surface area contributed by atoms with Gasteiger partial charge in [-0.2, -0.15) is 4.98 Å². The van der Waals surface area contributed by atoms with Gasteiger partial charge in [-0.15, -0.1) is 6.42 Å². The van der Waals surface area contributed by atoms with Crippen LogP contribution in [0.15, 0.2) is 91.0 Å². The van der Waals surface area contributed by atoms with E-state index in [2.05, 4.69) is 10.9 Å². The number of nitrogens with zero attached hydrogens (tertiary/aromatic N) is 1. The first-order chi connectivity index (χ1) is 15.2. The van der Waals surface area contributed by atoms with Gasteiger partial charge in [-0.25, -0.2) is 4.39 Å². The van der Waals surface area contributed by atoms with Gasteiger partial charge in [-0.3, -0.25) is 0 Å². The Balaban J connectivity index is 1.64. The van der Waals surface area contributed by atoms with Gasteiger partial charge in [-0.05, 0) is 41.0 Å². The molecule has 0 aliphatic rings. The van der Waals surface area contributed by atoms with Crippen molar-refractivity contribution in [2.24, 2.45) is 0 Å². The molecule has 0 aliphatic carbocycles. The van der Waals surface area contributed by atoms with Crippen molar-refractivity contribution >= 4 is 0 Å². The molecular weight excluding hydrogens is 389 g/mol. The minimum atomic E-state index is -0.413. The fourth-order valence-corrected chi connectivity index (χ4v) is 3.12. The second-order valence-corrected chi connectivity index (χ2v) is 6.92. The normalized spacial score (nSPS) is 10.3. The summed E-state index contributed by atoms with van der Waals surface area (Å²) in [6, 6.07) is 27.6. The number of hydrogen-bond acceptors (Lipinski definition) is 3. The van der Waals surface area contributed by atoms with Crippen molar-refractivity contribution in [3.63, 3.8) is 0 Å². The molecule has 4 heteroatoms. The third kappa shape index (κ3) is 5.29. The number of benzene rings is 3. The lowest BCUT2D eigenvalue weighted by Gasteiger charge is -2.14. The van der Waals surface area contributed by atoms with Gasteiger partial charge in [0, 0.05) is 17.2 Å². The number of hydrogen-bond donors (Lipinski definition) is 0. The first kappa shape index (κ1) is 20.2. The number of aromatic nitrogens is 1. The Morgan fingerprint density at radius 1 is 0.774 bits per heavy atom. The summed E-state index contributed by atoms with van der Waals surface area (Å²) in [4.78, 5) is 4.55. The van der Waals surface area contributed by atoms with E-state index in [1.807, 2.05) is 66.7 Å². The highest BCUT2D eigenvalue weighted by Gasteiger charge is 2.13. The molecule has 152 valence electrons. The van der Waals surface area contributed by atoms with Gasteiger partial charge in [0.2, 0.25) is 11.8 Å². The highest BCUT2D eigenvalue weighted by molar-refractivity contribution is 5.70. The third-order valence-electron chi connectivity index (χ3n) is 4.66.